The van der Waals surface area contributed by atoms with Crippen molar-refractivity contribution in [1.29, 1.82) is 0 Å². The molecule has 2 unspecified atom stereocenters. The van der Waals surface area contributed by atoms with Crippen LogP contribution < -0.4 is 5.32 Å². The van der Waals surface area contributed by atoms with Crippen LogP contribution in [-0.2, 0) is 11.3 Å². The van der Waals surface area contributed by atoms with Gasteiger partial charge < -0.3 is 14.8 Å². The van der Waals surface area contributed by atoms with E-state index in [-0.39, 0.29) is 35.6 Å². The Morgan fingerprint density at radius 1 is 1.33 bits per heavy atom. The standard InChI is InChI=1S/C17H15F2NO4/c1-8-12(17(22)23)5-10(24-8)7-20-16(21)14-6-13(14)11-3-2-9(18)4-15(11)19/h2-5,13-14H,6-7H2,1H3,(H,20,21)(H,22,23). The van der Waals surface area contributed by atoms with Crippen LogP contribution in [0.1, 0.15) is 39.8 Å². The Balaban J connectivity index is 1.59. The number of amides is 1. The highest BCUT2D eigenvalue weighted by atomic mass is 19.1. The minimum absolute atomic E-state index is 0.0527. The molecule has 3 rings (SSSR count). The third kappa shape index (κ3) is 3.15. The van der Waals surface area contributed by atoms with E-state index in [1.54, 1.807) is 0 Å². The second-order valence-corrected chi connectivity index (χ2v) is 5.82. The lowest BCUT2D eigenvalue weighted by atomic mass is 10.1. The lowest BCUT2D eigenvalue weighted by molar-refractivity contribution is -0.122. The molecule has 1 amide bonds. The van der Waals surface area contributed by atoms with E-state index in [1.807, 2.05) is 0 Å². The summed E-state index contributed by atoms with van der Waals surface area (Å²) < 4.78 is 31.9. The molecule has 1 saturated carbocycles. The first-order valence-corrected chi connectivity index (χ1v) is 7.42. The van der Waals surface area contributed by atoms with Crippen molar-refractivity contribution in [3.8, 4) is 0 Å². The van der Waals surface area contributed by atoms with Crippen LogP contribution in [0, 0.1) is 24.5 Å². The molecule has 7 heteroatoms. The van der Waals surface area contributed by atoms with Gasteiger partial charge in [-0.25, -0.2) is 13.6 Å². The van der Waals surface area contributed by atoms with Gasteiger partial charge in [-0.2, -0.15) is 0 Å². The molecule has 2 N–H and O–H groups in total. The number of carbonyl (C=O) groups is 2. The number of rotatable bonds is 5. The van der Waals surface area contributed by atoms with Crippen LogP contribution in [0.5, 0.6) is 0 Å². The van der Waals surface area contributed by atoms with Gasteiger partial charge in [-0.3, -0.25) is 4.79 Å². The number of aryl methyl sites for hydroxylation is 1. The van der Waals surface area contributed by atoms with Gasteiger partial charge in [-0.05, 0) is 37.0 Å². The van der Waals surface area contributed by atoms with E-state index < -0.39 is 17.6 Å². The third-order valence-electron chi connectivity index (χ3n) is 4.13. The van der Waals surface area contributed by atoms with Gasteiger partial charge in [0.2, 0.25) is 5.91 Å². The normalized spacial score (nSPS) is 19.1. The van der Waals surface area contributed by atoms with Crippen molar-refractivity contribution >= 4 is 11.9 Å². The molecule has 1 aromatic carbocycles. The van der Waals surface area contributed by atoms with Crippen molar-refractivity contribution in [2.75, 3.05) is 0 Å². The number of carbonyl (C=O) groups excluding carboxylic acids is 1. The maximum atomic E-state index is 13.7. The molecular weight excluding hydrogens is 320 g/mol. The molecule has 2 aromatic rings. The summed E-state index contributed by atoms with van der Waals surface area (Å²) in [6.45, 7) is 1.59. The zero-order valence-electron chi connectivity index (χ0n) is 12.8. The average Bonchev–Trinajstić information content (AvgIpc) is 3.20. The maximum Gasteiger partial charge on any atom is 0.339 e. The zero-order valence-corrected chi connectivity index (χ0v) is 12.8. The van der Waals surface area contributed by atoms with Gasteiger partial charge in [0.15, 0.2) is 0 Å². The van der Waals surface area contributed by atoms with Gasteiger partial charge in [0, 0.05) is 12.0 Å². The van der Waals surface area contributed by atoms with Crippen molar-refractivity contribution in [2.45, 2.75) is 25.8 Å². The molecule has 1 aliphatic rings. The molecule has 0 radical (unpaired) electrons. The lowest BCUT2D eigenvalue weighted by Crippen LogP contribution is -2.24. The Morgan fingerprint density at radius 2 is 2.08 bits per heavy atom. The molecule has 0 bridgehead atoms. The van der Waals surface area contributed by atoms with Crippen LogP contribution in [0.3, 0.4) is 0 Å². The average molecular weight is 335 g/mol. The molecule has 5 nitrogen and oxygen atoms in total. The van der Waals surface area contributed by atoms with Crippen LogP contribution in [0.4, 0.5) is 8.78 Å². The summed E-state index contributed by atoms with van der Waals surface area (Å²) in [4.78, 5) is 23.0. The van der Waals surface area contributed by atoms with E-state index >= 15 is 0 Å². The number of nitrogens with one attached hydrogen (secondary N) is 1. The topological polar surface area (TPSA) is 79.5 Å². The predicted molar refractivity (Wildman–Crippen MR) is 79.5 cm³/mol. The van der Waals surface area contributed by atoms with Crippen molar-refractivity contribution in [2.24, 2.45) is 5.92 Å². The van der Waals surface area contributed by atoms with Crippen molar-refractivity contribution in [3.63, 3.8) is 0 Å². The SMILES string of the molecule is Cc1oc(CNC(=O)C2CC2c2ccc(F)cc2F)cc1C(=O)O. The predicted octanol–water partition coefficient (Wildman–Crippen LogP) is 2.98. The number of carboxylic acids is 1. The second-order valence-electron chi connectivity index (χ2n) is 5.82. The Kier molecular flexibility index (Phi) is 4.09. The number of hydrogen-bond donors (Lipinski definition) is 2. The van der Waals surface area contributed by atoms with Gasteiger partial charge in [-0.15, -0.1) is 0 Å². The van der Waals surface area contributed by atoms with Gasteiger partial charge in [0.1, 0.15) is 28.7 Å². The fourth-order valence-electron chi connectivity index (χ4n) is 2.78. The zero-order chi connectivity index (χ0) is 17.4. The first kappa shape index (κ1) is 16.2. The van der Waals surface area contributed by atoms with E-state index in [4.69, 9.17) is 9.52 Å². The number of furan rings is 1. The summed E-state index contributed by atoms with van der Waals surface area (Å²) in [7, 11) is 0. The van der Waals surface area contributed by atoms with E-state index in [9.17, 15) is 18.4 Å². The number of aromatic carboxylic acids is 1. The fraction of sp³-hybridized carbons (Fsp3) is 0.294. The lowest BCUT2D eigenvalue weighted by Gasteiger charge is -2.04. The Bertz CT molecular complexity index is 815. The molecule has 1 heterocycles. The molecule has 126 valence electrons. The largest absolute Gasteiger partial charge is 0.478 e. The van der Waals surface area contributed by atoms with Crippen LogP contribution in [0.15, 0.2) is 28.7 Å². The fourth-order valence-corrected chi connectivity index (χ4v) is 2.78. The molecule has 0 aliphatic heterocycles. The Morgan fingerprint density at radius 3 is 2.71 bits per heavy atom. The quantitative estimate of drug-likeness (QED) is 0.880. The maximum absolute atomic E-state index is 13.7. The first-order chi connectivity index (χ1) is 11.4. The summed E-state index contributed by atoms with van der Waals surface area (Å²) >= 11 is 0. The van der Waals surface area contributed by atoms with Crippen LogP contribution in [0.25, 0.3) is 0 Å². The molecule has 0 spiro atoms. The highest BCUT2D eigenvalue weighted by Crippen LogP contribution is 2.48. The van der Waals surface area contributed by atoms with Gasteiger partial charge in [0.25, 0.3) is 0 Å². The van der Waals surface area contributed by atoms with Crippen molar-refractivity contribution in [1.82, 2.24) is 5.32 Å². The van der Waals surface area contributed by atoms with Crippen LogP contribution >= 0.6 is 0 Å². The molecule has 1 aromatic heterocycles. The minimum Gasteiger partial charge on any atom is -0.478 e. The number of hydrogen-bond acceptors (Lipinski definition) is 3. The van der Waals surface area contributed by atoms with Gasteiger partial charge in [0.05, 0.1) is 6.54 Å². The van der Waals surface area contributed by atoms with Gasteiger partial charge >= 0.3 is 5.97 Å². The smallest absolute Gasteiger partial charge is 0.339 e. The minimum atomic E-state index is -1.09. The Labute approximate surface area is 136 Å². The Hall–Kier alpha value is -2.70. The van der Waals surface area contributed by atoms with E-state index in [0.717, 1.165) is 6.07 Å². The molecule has 1 fully saturated rings. The summed E-state index contributed by atoms with van der Waals surface area (Å²) in [5.74, 6) is -2.70. The molecule has 0 saturated heterocycles. The highest BCUT2D eigenvalue weighted by molar-refractivity contribution is 5.89. The number of benzene rings is 1. The molecular formula is C17H15F2NO4. The third-order valence-corrected chi connectivity index (χ3v) is 4.13. The summed E-state index contributed by atoms with van der Waals surface area (Å²) in [5, 5.41) is 11.6. The number of carboxylic acid groups (broad SMARTS) is 1. The summed E-state index contributed by atoms with van der Waals surface area (Å²) in [6.07, 6.45) is 0.492. The van der Waals surface area contributed by atoms with E-state index in [1.165, 1.54) is 25.1 Å². The molecule has 24 heavy (non-hydrogen) atoms. The van der Waals surface area contributed by atoms with Gasteiger partial charge in [-0.1, -0.05) is 6.07 Å². The molecule has 1 aliphatic carbocycles. The van der Waals surface area contributed by atoms with Crippen molar-refractivity contribution < 1.29 is 27.9 Å². The summed E-state index contributed by atoms with van der Waals surface area (Å²) in [6, 6.07) is 4.70. The number of halogens is 2. The second kappa shape index (κ2) is 6.07. The van der Waals surface area contributed by atoms with Crippen LogP contribution in [0.2, 0.25) is 0 Å². The van der Waals surface area contributed by atoms with Crippen LogP contribution in [-0.4, -0.2) is 17.0 Å². The van der Waals surface area contributed by atoms with Crippen molar-refractivity contribution in [3.05, 3.63) is 58.5 Å². The van der Waals surface area contributed by atoms with E-state index in [2.05, 4.69) is 5.32 Å². The monoisotopic (exact) mass is 335 g/mol. The molecule has 2 atom stereocenters. The van der Waals surface area contributed by atoms with E-state index in [0.29, 0.717) is 17.7 Å². The highest BCUT2D eigenvalue weighted by Gasteiger charge is 2.45. The summed E-state index contributed by atoms with van der Waals surface area (Å²) in [5.41, 5.74) is 0.385. The first-order valence-electron chi connectivity index (χ1n) is 7.42.